The molecule has 4 heteroatoms. The summed E-state index contributed by atoms with van der Waals surface area (Å²) in [6, 6.07) is -0.0639. The predicted molar refractivity (Wildman–Crippen MR) is 49.3 cm³/mol. The van der Waals surface area contributed by atoms with E-state index < -0.39 is 5.97 Å². The van der Waals surface area contributed by atoms with Crippen LogP contribution in [0.4, 0.5) is 0 Å². The van der Waals surface area contributed by atoms with Gasteiger partial charge in [-0.25, -0.2) is 0 Å². The molecular formula is C9H17NO3. The number of carboxylic acid groups (broad SMARTS) is 1. The molecular weight excluding hydrogens is 170 g/mol. The normalized spacial score (nSPS) is 10.6. The first kappa shape index (κ1) is 11.9. The molecule has 0 aromatic rings. The van der Waals surface area contributed by atoms with Crippen molar-refractivity contribution in [1.29, 1.82) is 0 Å². The van der Waals surface area contributed by atoms with Gasteiger partial charge < -0.3 is 10.0 Å². The van der Waals surface area contributed by atoms with E-state index in [9.17, 15) is 9.59 Å². The molecule has 1 amide bonds. The molecule has 0 radical (unpaired) electrons. The van der Waals surface area contributed by atoms with E-state index in [2.05, 4.69) is 0 Å². The number of carbonyl (C=O) groups excluding carboxylic acids is 1. The number of amides is 1. The molecule has 0 spiro atoms. The zero-order valence-corrected chi connectivity index (χ0v) is 8.57. The van der Waals surface area contributed by atoms with E-state index in [1.807, 2.05) is 13.8 Å². The van der Waals surface area contributed by atoms with E-state index in [-0.39, 0.29) is 24.4 Å². The molecule has 0 aliphatic rings. The Hall–Kier alpha value is -1.06. The van der Waals surface area contributed by atoms with Gasteiger partial charge in [0.1, 0.15) is 6.54 Å². The monoisotopic (exact) mass is 187 g/mol. The molecule has 0 aromatic carbocycles. The first-order chi connectivity index (χ1) is 5.86. The quantitative estimate of drug-likeness (QED) is 0.713. The van der Waals surface area contributed by atoms with Crippen molar-refractivity contribution in [1.82, 2.24) is 4.90 Å². The zero-order valence-electron chi connectivity index (χ0n) is 8.57. The summed E-state index contributed by atoms with van der Waals surface area (Å²) in [6.45, 7) is 6.93. The Morgan fingerprint density at radius 2 is 1.69 bits per heavy atom. The van der Waals surface area contributed by atoms with Gasteiger partial charge in [-0.2, -0.15) is 0 Å². The summed E-state index contributed by atoms with van der Waals surface area (Å²) in [6.07, 6.45) is 0. The van der Waals surface area contributed by atoms with Gasteiger partial charge in [0, 0.05) is 12.0 Å². The molecule has 0 saturated carbocycles. The number of carboxylic acids is 1. The summed E-state index contributed by atoms with van der Waals surface area (Å²) in [5, 5.41) is 8.57. The Bertz CT molecular complexity index is 199. The first-order valence-electron chi connectivity index (χ1n) is 4.38. The van der Waals surface area contributed by atoms with Crippen LogP contribution in [0.1, 0.15) is 27.7 Å². The SMILES string of the molecule is CC(C)C(=O)N(CC(=O)O)C(C)C. The van der Waals surface area contributed by atoms with Crippen LogP contribution < -0.4 is 0 Å². The van der Waals surface area contributed by atoms with Gasteiger partial charge in [0.2, 0.25) is 5.91 Å². The van der Waals surface area contributed by atoms with Crippen LogP contribution in [-0.2, 0) is 9.59 Å². The Labute approximate surface area is 78.5 Å². The maximum Gasteiger partial charge on any atom is 0.323 e. The number of aliphatic carboxylic acids is 1. The highest BCUT2D eigenvalue weighted by atomic mass is 16.4. The lowest BCUT2D eigenvalue weighted by atomic mass is 10.1. The van der Waals surface area contributed by atoms with Gasteiger partial charge in [-0.3, -0.25) is 9.59 Å². The summed E-state index contributed by atoms with van der Waals surface area (Å²) in [7, 11) is 0. The topological polar surface area (TPSA) is 57.6 Å². The van der Waals surface area contributed by atoms with Gasteiger partial charge in [-0.05, 0) is 13.8 Å². The van der Waals surface area contributed by atoms with Crippen LogP contribution in [0.15, 0.2) is 0 Å². The van der Waals surface area contributed by atoms with E-state index in [0.717, 1.165) is 0 Å². The van der Waals surface area contributed by atoms with Gasteiger partial charge in [0.25, 0.3) is 0 Å². The van der Waals surface area contributed by atoms with Crippen molar-refractivity contribution in [3.05, 3.63) is 0 Å². The largest absolute Gasteiger partial charge is 0.480 e. The van der Waals surface area contributed by atoms with Gasteiger partial charge >= 0.3 is 5.97 Å². The van der Waals surface area contributed by atoms with Crippen LogP contribution >= 0.6 is 0 Å². The van der Waals surface area contributed by atoms with E-state index >= 15 is 0 Å². The highest BCUT2D eigenvalue weighted by Crippen LogP contribution is 2.05. The summed E-state index contributed by atoms with van der Waals surface area (Å²) in [4.78, 5) is 23.3. The van der Waals surface area contributed by atoms with Crippen molar-refractivity contribution in [2.45, 2.75) is 33.7 Å². The average molecular weight is 187 g/mol. The molecule has 0 aliphatic carbocycles. The number of nitrogens with zero attached hydrogens (tertiary/aromatic N) is 1. The van der Waals surface area contributed by atoms with Crippen molar-refractivity contribution in [3.8, 4) is 0 Å². The van der Waals surface area contributed by atoms with Crippen LogP contribution in [0.5, 0.6) is 0 Å². The molecule has 0 aliphatic heterocycles. The first-order valence-corrected chi connectivity index (χ1v) is 4.38. The highest BCUT2D eigenvalue weighted by molar-refractivity contribution is 5.82. The molecule has 13 heavy (non-hydrogen) atoms. The van der Waals surface area contributed by atoms with E-state index in [0.29, 0.717) is 0 Å². The third-order valence-electron chi connectivity index (χ3n) is 1.71. The lowest BCUT2D eigenvalue weighted by Gasteiger charge is -2.26. The maximum atomic E-state index is 11.5. The second-order valence-electron chi connectivity index (χ2n) is 3.61. The second kappa shape index (κ2) is 4.84. The molecule has 4 nitrogen and oxygen atoms in total. The molecule has 76 valence electrons. The Balaban J connectivity index is 4.42. The van der Waals surface area contributed by atoms with Crippen molar-refractivity contribution >= 4 is 11.9 Å². The second-order valence-corrected chi connectivity index (χ2v) is 3.61. The summed E-state index contributed by atoms with van der Waals surface area (Å²) in [5.74, 6) is -1.23. The standard InChI is InChI=1S/C9H17NO3/c1-6(2)9(13)10(7(3)4)5-8(11)12/h6-7H,5H2,1-4H3,(H,11,12). The Kier molecular flexibility index (Phi) is 4.45. The summed E-state index contributed by atoms with van der Waals surface area (Å²) < 4.78 is 0. The van der Waals surface area contributed by atoms with Crippen LogP contribution in [0.3, 0.4) is 0 Å². The van der Waals surface area contributed by atoms with Crippen molar-refractivity contribution < 1.29 is 14.7 Å². The Morgan fingerprint density at radius 1 is 1.23 bits per heavy atom. The van der Waals surface area contributed by atoms with Crippen molar-refractivity contribution in [2.75, 3.05) is 6.54 Å². The molecule has 0 atom stereocenters. The zero-order chi connectivity index (χ0) is 10.6. The average Bonchev–Trinajstić information content (AvgIpc) is 1.97. The summed E-state index contributed by atoms with van der Waals surface area (Å²) in [5.41, 5.74) is 0. The molecule has 0 heterocycles. The molecule has 0 rings (SSSR count). The van der Waals surface area contributed by atoms with Gasteiger partial charge in [-0.1, -0.05) is 13.8 Å². The van der Waals surface area contributed by atoms with Crippen LogP contribution in [0.25, 0.3) is 0 Å². The maximum absolute atomic E-state index is 11.5. The fourth-order valence-electron chi connectivity index (χ4n) is 0.992. The van der Waals surface area contributed by atoms with Gasteiger partial charge in [0.15, 0.2) is 0 Å². The van der Waals surface area contributed by atoms with Gasteiger partial charge in [-0.15, -0.1) is 0 Å². The lowest BCUT2D eigenvalue weighted by Crippen LogP contribution is -2.42. The minimum atomic E-state index is -0.970. The molecule has 0 saturated heterocycles. The smallest absolute Gasteiger partial charge is 0.323 e. The molecule has 0 unspecified atom stereocenters. The fraction of sp³-hybridized carbons (Fsp3) is 0.778. The number of rotatable bonds is 4. The molecule has 1 N–H and O–H groups in total. The third kappa shape index (κ3) is 3.92. The van der Waals surface area contributed by atoms with Crippen molar-refractivity contribution in [2.24, 2.45) is 5.92 Å². The fourth-order valence-corrected chi connectivity index (χ4v) is 0.992. The van der Waals surface area contributed by atoms with E-state index in [4.69, 9.17) is 5.11 Å². The minimum absolute atomic E-state index is 0.0639. The van der Waals surface area contributed by atoms with Crippen LogP contribution in [0.2, 0.25) is 0 Å². The van der Waals surface area contributed by atoms with E-state index in [1.165, 1.54) is 4.90 Å². The highest BCUT2D eigenvalue weighted by Gasteiger charge is 2.21. The van der Waals surface area contributed by atoms with E-state index in [1.54, 1.807) is 13.8 Å². The third-order valence-corrected chi connectivity index (χ3v) is 1.71. The molecule has 0 bridgehead atoms. The number of hydrogen-bond donors (Lipinski definition) is 1. The number of hydrogen-bond acceptors (Lipinski definition) is 2. The lowest BCUT2D eigenvalue weighted by molar-refractivity contribution is -0.147. The molecule has 0 fully saturated rings. The Morgan fingerprint density at radius 3 is 1.92 bits per heavy atom. The molecule has 0 aromatic heterocycles. The predicted octanol–water partition coefficient (Wildman–Crippen LogP) is 0.964. The minimum Gasteiger partial charge on any atom is -0.480 e. The number of carbonyl (C=O) groups is 2. The van der Waals surface area contributed by atoms with Crippen molar-refractivity contribution in [3.63, 3.8) is 0 Å². The van der Waals surface area contributed by atoms with Crippen LogP contribution in [-0.4, -0.2) is 34.5 Å². The van der Waals surface area contributed by atoms with Crippen LogP contribution in [0, 0.1) is 5.92 Å². The van der Waals surface area contributed by atoms with Gasteiger partial charge in [0.05, 0.1) is 0 Å². The summed E-state index contributed by atoms with van der Waals surface area (Å²) >= 11 is 0.